The van der Waals surface area contributed by atoms with Crippen LogP contribution in [0.3, 0.4) is 0 Å². The molecule has 6 nitrogen and oxygen atoms in total. The first-order valence-corrected chi connectivity index (χ1v) is 5.46. The van der Waals surface area contributed by atoms with Gasteiger partial charge in [-0.1, -0.05) is 12.1 Å². The Morgan fingerprint density at radius 2 is 2.16 bits per heavy atom. The Balaban J connectivity index is 2.29. The predicted molar refractivity (Wildman–Crippen MR) is 68.4 cm³/mol. The topological polar surface area (TPSA) is 107 Å². The van der Waals surface area contributed by atoms with Crippen LogP contribution in [0, 0.1) is 5.82 Å². The molecule has 1 unspecified atom stereocenters. The zero-order valence-corrected chi connectivity index (χ0v) is 9.88. The Labute approximate surface area is 108 Å². The molecule has 5 N–H and O–H groups in total. The van der Waals surface area contributed by atoms with E-state index in [1.165, 1.54) is 30.5 Å². The van der Waals surface area contributed by atoms with Crippen molar-refractivity contribution in [3.8, 4) is 0 Å². The predicted octanol–water partition coefficient (Wildman–Crippen LogP) is 0.836. The standard InChI is InChI=1S/C12H12FN5O/c13-8-3-1-2-7(6-8)10(11(15)19)18-12-16-5-4-9(14)17-12/h1-6,10H,(H2,15,19)(H3,14,16,17,18). The van der Waals surface area contributed by atoms with Crippen molar-refractivity contribution in [1.82, 2.24) is 9.97 Å². The van der Waals surface area contributed by atoms with Crippen molar-refractivity contribution >= 4 is 17.7 Å². The van der Waals surface area contributed by atoms with Crippen molar-refractivity contribution in [3.05, 3.63) is 47.9 Å². The second-order valence-electron chi connectivity index (χ2n) is 3.84. The summed E-state index contributed by atoms with van der Waals surface area (Å²) in [5, 5.41) is 2.72. The van der Waals surface area contributed by atoms with E-state index in [0.717, 1.165) is 0 Å². The third-order valence-corrected chi connectivity index (χ3v) is 2.42. The minimum Gasteiger partial charge on any atom is -0.384 e. The molecule has 19 heavy (non-hydrogen) atoms. The zero-order valence-electron chi connectivity index (χ0n) is 9.88. The molecule has 0 spiro atoms. The number of nitrogens with zero attached hydrogens (tertiary/aromatic N) is 2. The molecule has 0 aliphatic rings. The average molecular weight is 261 g/mol. The molecule has 0 aliphatic carbocycles. The van der Waals surface area contributed by atoms with Gasteiger partial charge in [0.2, 0.25) is 11.9 Å². The van der Waals surface area contributed by atoms with Gasteiger partial charge in [-0.2, -0.15) is 4.98 Å². The number of halogens is 1. The van der Waals surface area contributed by atoms with Gasteiger partial charge < -0.3 is 16.8 Å². The van der Waals surface area contributed by atoms with Gasteiger partial charge in [0, 0.05) is 6.20 Å². The molecule has 0 fully saturated rings. The molecule has 1 aromatic heterocycles. The summed E-state index contributed by atoms with van der Waals surface area (Å²) in [6.07, 6.45) is 1.44. The van der Waals surface area contributed by atoms with Crippen molar-refractivity contribution in [1.29, 1.82) is 0 Å². The van der Waals surface area contributed by atoms with E-state index in [4.69, 9.17) is 11.5 Å². The normalized spacial score (nSPS) is 11.8. The molecule has 7 heteroatoms. The van der Waals surface area contributed by atoms with Crippen LogP contribution in [0.15, 0.2) is 36.5 Å². The first-order valence-electron chi connectivity index (χ1n) is 5.46. The SMILES string of the molecule is NC(=O)C(Nc1nccc(N)n1)c1cccc(F)c1. The number of anilines is 2. The monoisotopic (exact) mass is 261 g/mol. The third-order valence-electron chi connectivity index (χ3n) is 2.42. The number of nitrogen functional groups attached to an aromatic ring is 1. The summed E-state index contributed by atoms with van der Waals surface area (Å²) in [7, 11) is 0. The zero-order chi connectivity index (χ0) is 13.8. The van der Waals surface area contributed by atoms with Crippen molar-refractivity contribution in [3.63, 3.8) is 0 Å². The number of carbonyl (C=O) groups is 1. The molecule has 0 bridgehead atoms. The minimum absolute atomic E-state index is 0.146. The minimum atomic E-state index is -0.933. The molecule has 2 rings (SSSR count). The highest BCUT2D eigenvalue weighted by atomic mass is 19.1. The number of carbonyl (C=O) groups excluding carboxylic acids is 1. The van der Waals surface area contributed by atoms with E-state index < -0.39 is 17.8 Å². The fraction of sp³-hybridized carbons (Fsp3) is 0.0833. The van der Waals surface area contributed by atoms with E-state index in [0.29, 0.717) is 5.56 Å². The number of amides is 1. The number of nitrogens with one attached hydrogen (secondary N) is 1. The van der Waals surface area contributed by atoms with Gasteiger partial charge in [0.1, 0.15) is 17.7 Å². The highest BCUT2D eigenvalue weighted by Gasteiger charge is 2.19. The van der Waals surface area contributed by atoms with E-state index in [1.54, 1.807) is 6.07 Å². The summed E-state index contributed by atoms with van der Waals surface area (Å²) >= 11 is 0. The summed E-state index contributed by atoms with van der Waals surface area (Å²) in [4.78, 5) is 19.3. The summed E-state index contributed by atoms with van der Waals surface area (Å²) in [5.41, 5.74) is 11.2. The van der Waals surface area contributed by atoms with Gasteiger partial charge in [-0.25, -0.2) is 9.37 Å². The molecule has 0 radical (unpaired) electrons. The number of nitrogens with two attached hydrogens (primary N) is 2. The lowest BCUT2D eigenvalue weighted by Crippen LogP contribution is -2.28. The van der Waals surface area contributed by atoms with Crippen molar-refractivity contribution < 1.29 is 9.18 Å². The van der Waals surface area contributed by atoms with E-state index in [9.17, 15) is 9.18 Å². The summed E-state index contributed by atoms with van der Waals surface area (Å²) < 4.78 is 13.2. The van der Waals surface area contributed by atoms with E-state index >= 15 is 0 Å². The summed E-state index contributed by atoms with van der Waals surface area (Å²) in [6.45, 7) is 0. The van der Waals surface area contributed by atoms with Crippen LogP contribution in [0.2, 0.25) is 0 Å². The fourth-order valence-electron chi connectivity index (χ4n) is 1.58. The van der Waals surface area contributed by atoms with E-state index in [2.05, 4.69) is 15.3 Å². The van der Waals surface area contributed by atoms with Gasteiger partial charge in [0.25, 0.3) is 0 Å². The van der Waals surface area contributed by atoms with Crippen molar-refractivity contribution in [2.24, 2.45) is 5.73 Å². The maximum absolute atomic E-state index is 13.2. The Bertz CT molecular complexity index is 604. The Hall–Kier alpha value is -2.70. The third kappa shape index (κ3) is 3.15. The molecule has 1 amide bonds. The van der Waals surface area contributed by atoms with Crippen LogP contribution < -0.4 is 16.8 Å². The molecule has 1 heterocycles. The smallest absolute Gasteiger partial charge is 0.244 e. The van der Waals surface area contributed by atoms with E-state index in [1.807, 2.05) is 0 Å². The summed E-state index contributed by atoms with van der Waals surface area (Å²) in [6, 6.07) is 6.14. The number of hydrogen-bond donors (Lipinski definition) is 3. The maximum atomic E-state index is 13.2. The van der Waals surface area contributed by atoms with Crippen LogP contribution >= 0.6 is 0 Å². The lowest BCUT2D eigenvalue weighted by molar-refractivity contribution is -0.118. The van der Waals surface area contributed by atoms with E-state index in [-0.39, 0.29) is 11.8 Å². The number of benzene rings is 1. The second kappa shape index (κ2) is 5.30. The second-order valence-corrected chi connectivity index (χ2v) is 3.84. The molecule has 0 saturated carbocycles. The van der Waals surface area contributed by atoms with Crippen molar-refractivity contribution in [2.45, 2.75) is 6.04 Å². The highest BCUT2D eigenvalue weighted by molar-refractivity contribution is 5.84. The van der Waals surface area contributed by atoms with Gasteiger partial charge in [-0.05, 0) is 23.8 Å². The number of aromatic nitrogens is 2. The quantitative estimate of drug-likeness (QED) is 0.755. The Kier molecular flexibility index (Phi) is 3.56. The molecular formula is C12H12FN5O. The van der Waals surface area contributed by atoms with Gasteiger partial charge in [0.05, 0.1) is 0 Å². The Morgan fingerprint density at radius 3 is 2.79 bits per heavy atom. The average Bonchev–Trinajstić information content (AvgIpc) is 2.35. The maximum Gasteiger partial charge on any atom is 0.244 e. The molecule has 0 saturated heterocycles. The Morgan fingerprint density at radius 1 is 1.37 bits per heavy atom. The fourth-order valence-corrected chi connectivity index (χ4v) is 1.58. The molecule has 1 atom stereocenters. The first kappa shape index (κ1) is 12.7. The van der Waals surface area contributed by atoms with Crippen LogP contribution in [-0.2, 0) is 4.79 Å². The first-order chi connectivity index (χ1) is 9.06. The van der Waals surface area contributed by atoms with Crippen LogP contribution in [0.1, 0.15) is 11.6 Å². The van der Waals surface area contributed by atoms with Crippen LogP contribution in [0.4, 0.5) is 16.2 Å². The molecule has 1 aromatic carbocycles. The van der Waals surface area contributed by atoms with Gasteiger partial charge >= 0.3 is 0 Å². The molecule has 0 aliphatic heterocycles. The lowest BCUT2D eigenvalue weighted by atomic mass is 10.1. The van der Waals surface area contributed by atoms with Crippen LogP contribution in [-0.4, -0.2) is 15.9 Å². The number of primary amides is 1. The molecule has 98 valence electrons. The summed E-state index contributed by atoms with van der Waals surface area (Å²) in [5.74, 6) is -0.733. The molecule has 2 aromatic rings. The van der Waals surface area contributed by atoms with Crippen LogP contribution in [0.25, 0.3) is 0 Å². The highest BCUT2D eigenvalue weighted by Crippen LogP contribution is 2.18. The number of hydrogen-bond acceptors (Lipinski definition) is 5. The van der Waals surface area contributed by atoms with Crippen LogP contribution in [0.5, 0.6) is 0 Å². The molecular weight excluding hydrogens is 249 g/mol. The lowest BCUT2D eigenvalue weighted by Gasteiger charge is -2.15. The van der Waals surface area contributed by atoms with Crippen molar-refractivity contribution in [2.75, 3.05) is 11.1 Å². The van der Waals surface area contributed by atoms with Gasteiger partial charge in [-0.15, -0.1) is 0 Å². The largest absolute Gasteiger partial charge is 0.384 e. The number of rotatable bonds is 4. The van der Waals surface area contributed by atoms with Gasteiger partial charge in [0.15, 0.2) is 0 Å². The van der Waals surface area contributed by atoms with Gasteiger partial charge in [-0.3, -0.25) is 4.79 Å².